The summed E-state index contributed by atoms with van der Waals surface area (Å²) in [5.41, 5.74) is 3.26. The highest BCUT2D eigenvalue weighted by Gasteiger charge is 2.54. The molecule has 0 aliphatic carbocycles. The number of para-hydroxylation sites is 1. The Morgan fingerprint density at radius 2 is 2.23 bits per heavy atom. The van der Waals surface area contributed by atoms with Crippen molar-refractivity contribution >= 4 is 23.1 Å². The number of hydrogen-bond acceptors (Lipinski definition) is 3. The Balaban J connectivity index is 1.89. The van der Waals surface area contributed by atoms with Crippen molar-refractivity contribution in [2.75, 3.05) is 11.9 Å². The van der Waals surface area contributed by atoms with Gasteiger partial charge in [0, 0.05) is 17.6 Å². The first kappa shape index (κ1) is 13.6. The second-order valence-corrected chi connectivity index (χ2v) is 7.14. The third-order valence-electron chi connectivity index (χ3n) is 5.16. The highest BCUT2D eigenvalue weighted by atomic mass is 32.1. The van der Waals surface area contributed by atoms with E-state index in [1.54, 1.807) is 16.2 Å². The van der Waals surface area contributed by atoms with Crippen LogP contribution in [-0.2, 0) is 0 Å². The molecule has 3 heterocycles. The minimum absolute atomic E-state index is 0.0904. The van der Waals surface area contributed by atoms with E-state index >= 15 is 0 Å². The number of benzene rings is 1. The molecule has 2 N–H and O–H groups in total. The predicted octanol–water partition coefficient (Wildman–Crippen LogP) is 4.35. The number of rotatable bonds is 1. The fraction of sp³-hybridized carbons (Fsp3) is 0.353. The topological polar surface area (TPSA) is 52.6 Å². The van der Waals surface area contributed by atoms with Gasteiger partial charge in [0.05, 0.1) is 12.1 Å². The molecule has 1 saturated heterocycles. The van der Waals surface area contributed by atoms with Crippen LogP contribution in [0.15, 0.2) is 41.1 Å². The highest BCUT2D eigenvalue weighted by molar-refractivity contribution is 7.08. The van der Waals surface area contributed by atoms with Crippen molar-refractivity contribution in [3.8, 4) is 0 Å². The van der Waals surface area contributed by atoms with E-state index in [9.17, 15) is 9.90 Å². The van der Waals surface area contributed by atoms with E-state index in [-0.39, 0.29) is 17.5 Å². The van der Waals surface area contributed by atoms with Crippen molar-refractivity contribution in [1.29, 1.82) is 0 Å². The van der Waals surface area contributed by atoms with E-state index in [0.717, 1.165) is 17.7 Å². The Bertz CT molecular complexity index is 715. The van der Waals surface area contributed by atoms with Crippen LogP contribution in [0.25, 0.3) is 0 Å². The monoisotopic (exact) mass is 314 g/mol. The molecule has 0 bridgehead atoms. The first-order valence-electron chi connectivity index (χ1n) is 7.48. The molecule has 1 fully saturated rings. The van der Waals surface area contributed by atoms with Crippen LogP contribution in [-0.4, -0.2) is 22.6 Å². The van der Waals surface area contributed by atoms with Gasteiger partial charge in [0.15, 0.2) is 0 Å². The lowest BCUT2D eigenvalue weighted by atomic mass is 9.68. The molecule has 1 aromatic heterocycles. The number of hydrogen-bond donors (Lipinski definition) is 2. The third kappa shape index (κ3) is 1.78. The zero-order valence-electron chi connectivity index (χ0n) is 12.3. The molecule has 3 atom stereocenters. The molecular formula is C17H18N2O2S. The number of fused-ring (bicyclic) bond motifs is 3. The Hall–Kier alpha value is -2.01. The summed E-state index contributed by atoms with van der Waals surface area (Å²) in [7, 11) is 0. The van der Waals surface area contributed by atoms with Gasteiger partial charge in [0.25, 0.3) is 0 Å². The summed E-state index contributed by atoms with van der Waals surface area (Å²) in [6, 6.07) is 10.3. The van der Waals surface area contributed by atoms with Crippen LogP contribution in [0, 0.1) is 5.41 Å². The standard InChI is InChI=1S/C17H18N2O2S/c1-17-7-8-19(16(20)21)15(17)12-4-2-3-5-13(12)18-14(17)11-6-9-22-10-11/h2-6,9-10,14-15,18H,7-8H2,1H3,(H,20,21)/t14-,15-,17+/m0/s1. The maximum Gasteiger partial charge on any atom is 0.407 e. The molecule has 0 radical (unpaired) electrons. The van der Waals surface area contributed by atoms with Gasteiger partial charge in [0.1, 0.15) is 0 Å². The second kappa shape index (κ2) is 4.74. The molecule has 4 nitrogen and oxygen atoms in total. The number of anilines is 1. The van der Waals surface area contributed by atoms with E-state index in [2.05, 4.69) is 35.1 Å². The van der Waals surface area contributed by atoms with Crippen molar-refractivity contribution in [2.45, 2.75) is 25.4 Å². The Morgan fingerprint density at radius 1 is 1.41 bits per heavy atom. The molecule has 2 aliphatic rings. The highest BCUT2D eigenvalue weighted by Crippen LogP contribution is 2.59. The number of nitrogens with zero attached hydrogens (tertiary/aromatic N) is 1. The lowest BCUT2D eigenvalue weighted by Crippen LogP contribution is -2.42. The minimum Gasteiger partial charge on any atom is -0.465 e. The molecule has 1 amide bonds. The van der Waals surface area contributed by atoms with Gasteiger partial charge in [-0.05, 0) is 40.4 Å². The van der Waals surface area contributed by atoms with Crippen LogP contribution >= 0.6 is 11.3 Å². The Labute approximate surface area is 133 Å². The van der Waals surface area contributed by atoms with Crippen molar-refractivity contribution < 1.29 is 9.90 Å². The van der Waals surface area contributed by atoms with Crippen LogP contribution < -0.4 is 5.32 Å². The van der Waals surface area contributed by atoms with E-state index in [4.69, 9.17) is 0 Å². The van der Waals surface area contributed by atoms with E-state index in [1.165, 1.54) is 5.56 Å². The zero-order chi connectivity index (χ0) is 15.3. The summed E-state index contributed by atoms with van der Waals surface area (Å²) >= 11 is 1.68. The van der Waals surface area contributed by atoms with Gasteiger partial charge in [-0.2, -0.15) is 11.3 Å². The maximum atomic E-state index is 11.7. The van der Waals surface area contributed by atoms with Gasteiger partial charge >= 0.3 is 6.09 Å². The summed E-state index contributed by atoms with van der Waals surface area (Å²) in [5.74, 6) is 0. The summed E-state index contributed by atoms with van der Waals surface area (Å²) in [5, 5.41) is 17.5. The maximum absolute atomic E-state index is 11.7. The number of carboxylic acid groups (broad SMARTS) is 1. The van der Waals surface area contributed by atoms with Gasteiger partial charge in [-0.3, -0.25) is 0 Å². The van der Waals surface area contributed by atoms with Crippen LogP contribution in [0.5, 0.6) is 0 Å². The molecule has 4 rings (SSSR count). The first-order valence-corrected chi connectivity index (χ1v) is 8.42. The first-order chi connectivity index (χ1) is 10.6. The average molecular weight is 314 g/mol. The largest absolute Gasteiger partial charge is 0.465 e. The van der Waals surface area contributed by atoms with Crippen molar-refractivity contribution in [3.63, 3.8) is 0 Å². The predicted molar refractivity (Wildman–Crippen MR) is 87.3 cm³/mol. The van der Waals surface area contributed by atoms with Crippen molar-refractivity contribution in [1.82, 2.24) is 4.90 Å². The fourth-order valence-electron chi connectivity index (χ4n) is 4.11. The van der Waals surface area contributed by atoms with Gasteiger partial charge in [0.2, 0.25) is 0 Å². The van der Waals surface area contributed by atoms with E-state index < -0.39 is 6.09 Å². The van der Waals surface area contributed by atoms with E-state index in [0.29, 0.717) is 6.54 Å². The number of likely N-dealkylation sites (tertiary alicyclic amines) is 1. The number of nitrogens with one attached hydrogen (secondary N) is 1. The summed E-state index contributed by atoms with van der Waals surface area (Å²) in [6.45, 7) is 2.80. The van der Waals surface area contributed by atoms with Crippen LogP contribution in [0.2, 0.25) is 0 Å². The molecule has 1 aromatic carbocycles. The molecule has 2 aromatic rings. The lowest BCUT2D eigenvalue weighted by molar-refractivity contribution is 0.110. The van der Waals surface area contributed by atoms with Crippen molar-refractivity contribution in [2.24, 2.45) is 5.41 Å². The smallest absolute Gasteiger partial charge is 0.407 e. The van der Waals surface area contributed by atoms with Gasteiger partial charge in [-0.1, -0.05) is 25.1 Å². The number of carbonyl (C=O) groups is 1. The van der Waals surface area contributed by atoms with E-state index in [1.807, 2.05) is 18.2 Å². The zero-order valence-corrected chi connectivity index (χ0v) is 13.1. The van der Waals surface area contributed by atoms with Gasteiger partial charge in [-0.25, -0.2) is 4.79 Å². The summed E-state index contributed by atoms with van der Waals surface area (Å²) in [6.07, 6.45) is 0.0423. The molecule has 22 heavy (non-hydrogen) atoms. The molecule has 0 saturated carbocycles. The lowest BCUT2D eigenvalue weighted by Gasteiger charge is -2.46. The summed E-state index contributed by atoms with van der Waals surface area (Å²) < 4.78 is 0. The SMILES string of the molecule is C[C@]12CCN(C(=O)O)[C@H]1c1ccccc1N[C@H]2c1ccsc1. The van der Waals surface area contributed by atoms with Gasteiger partial charge in [-0.15, -0.1) is 0 Å². The number of amides is 1. The quantitative estimate of drug-likeness (QED) is 0.823. The minimum atomic E-state index is -0.825. The Kier molecular flexibility index (Phi) is 2.94. The molecule has 2 aliphatic heterocycles. The van der Waals surface area contributed by atoms with Crippen LogP contribution in [0.3, 0.4) is 0 Å². The van der Waals surface area contributed by atoms with Crippen LogP contribution in [0.4, 0.5) is 10.5 Å². The summed E-state index contributed by atoms with van der Waals surface area (Å²) in [4.78, 5) is 13.3. The second-order valence-electron chi connectivity index (χ2n) is 6.36. The van der Waals surface area contributed by atoms with Crippen molar-refractivity contribution in [3.05, 3.63) is 52.2 Å². The molecule has 0 spiro atoms. The fourth-order valence-corrected chi connectivity index (χ4v) is 4.79. The number of thiophene rings is 1. The van der Waals surface area contributed by atoms with Crippen LogP contribution in [0.1, 0.15) is 36.6 Å². The molecule has 0 unspecified atom stereocenters. The molecule has 5 heteroatoms. The molecular weight excluding hydrogens is 296 g/mol. The Morgan fingerprint density at radius 3 is 2.95 bits per heavy atom. The molecule has 114 valence electrons. The normalized spacial score (nSPS) is 29.6. The third-order valence-corrected chi connectivity index (χ3v) is 5.87. The van der Waals surface area contributed by atoms with Gasteiger partial charge < -0.3 is 15.3 Å². The average Bonchev–Trinajstić information content (AvgIpc) is 3.13.